The topological polar surface area (TPSA) is 29.5 Å². The van der Waals surface area contributed by atoms with Crippen molar-refractivity contribution < 1.29 is 9.53 Å². The molecular formula is C21H35NO2. The zero-order valence-electron chi connectivity index (χ0n) is 15.8. The molecule has 0 fully saturated rings. The van der Waals surface area contributed by atoms with Crippen molar-refractivity contribution in [2.45, 2.75) is 71.3 Å². The summed E-state index contributed by atoms with van der Waals surface area (Å²) in [7, 11) is 1.49. The molecule has 0 aliphatic heterocycles. The number of carbonyl (C=O) groups is 1. The Morgan fingerprint density at radius 3 is 1.92 bits per heavy atom. The molecule has 0 radical (unpaired) electrons. The van der Waals surface area contributed by atoms with Crippen LogP contribution in [0, 0.1) is 0 Å². The number of esters is 1. The van der Waals surface area contributed by atoms with Gasteiger partial charge in [-0.05, 0) is 31.5 Å². The summed E-state index contributed by atoms with van der Waals surface area (Å²) in [5.41, 5.74) is 1.04. The highest BCUT2D eigenvalue weighted by Crippen LogP contribution is 2.24. The van der Waals surface area contributed by atoms with Gasteiger partial charge in [0, 0.05) is 0 Å². The van der Waals surface area contributed by atoms with Gasteiger partial charge in [-0.25, -0.2) is 4.79 Å². The third kappa shape index (κ3) is 7.48. The molecule has 3 nitrogen and oxygen atoms in total. The molecule has 0 N–H and O–H groups in total. The van der Waals surface area contributed by atoms with Crippen molar-refractivity contribution >= 4 is 5.97 Å². The van der Waals surface area contributed by atoms with E-state index in [-0.39, 0.29) is 12.0 Å². The first-order chi connectivity index (χ1) is 11.7. The number of carbonyl (C=O) groups excluding carboxylic acids is 1. The molecule has 1 unspecified atom stereocenters. The van der Waals surface area contributed by atoms with Gasteiger partial charge < -0.3 is 4.74 Å². The summed E-state index contributed by atoms with van der Waals surface area (Å²) in [6.07, 6.45) is 9.72. The number of nitrogens with zero attached hydrogens (tertiary/aromatic N) is 1. The van der Waals surface area contributed by atoms with Gasteiger partial charge in [-0.1, -0.05) is 82.7 Å². The van der Waals surface area contributed by atoms with Gasteiger partial charge in [0.2, 0.25) is 0 Å². The molecule has 136 valence electrons. The van der Waals surface area contributed by atoms with Gasteiger partial charge in [-0.2, -0.15) is 0 Å². The second-order valence-electron chi connectivity index (χ2n) is 6.49. The highest BCUT2D eigenvalue weighted by atomic mass is 16.5. The largest absolute Gasteiger partial charge is 0.468 e. The van der Waals surface area contributed by atoms with E-state index in [4.69, 9.17) is 4.74 Å². The van der Waals surface area contributed by atoms with E-state index >= 15 is 0 Å². The maximum absolute atomic E-state index is 12.5. The van der Waals surface area contributed by atoms with Crippen LogP contribution in [0.25, 0.3) is 0 Å². The SMILES string of the molecule is CCCCCCN(CCCCCC)C(C(=O)OC)c1ccccc1. The van der Waals surface area contributed by atoms with Gasteiger partial charge in [0.1, 0.15) is 6.04 Å². The molecule has 0 aromatic heterocycles. The normalized spacial score (nSPS) is 12.3. The number of hydrogen-bond acceptors (Lipinski definition) is 3. The third-order valence-electron chi connectivity index (χ3n) is 4.50. The van der Waals surface area contributed by atoms with Gasteiger partial charge in [-0.3, -0.25) is 4.90 Å². The number of ether oxygens (including phenoxy) is 1. The Morgan fingerprint density at radius 2 is 1.46 bits per heavy atom. The first-order valence-electron chi connectivity index (χ1n) is 9.61. The maximum Gasteiger partial charge on any atom is 0.327 e. The standard InChI is InChI=1S/C21H35NO2/c1-4-6-8-13-17-22(18-14-9-7-5-2)20(21(23)24-3)19-15-11-10-12-16-19/h10-12,15-16,20H,4-9,13-14,17-18H2,1-3H3. The van der Waals surface area contributed by atoms with Crippen LogP contribution >= 0.6 is 0 Å². The average molecular weight is 334 g/mol. The van der Waals surface area contributed by atoms with E-state index < -0.39 is 0 Å². The predicted octanol–water partition coefficient (Wildman–Crippen LogP) is 5.36. The molecule has 0 heterocycles. The van der Waals surface area contributed by atoms with Gasteiger partial charge in [0.05, 0.1) is 7.11 Å². The lowest BCUT2D eigenvalue weighted by Crippen LogP contribution is -2.36. The zero-order valence-corrected chi connectivity index (χ0v) is 15.8. The summed E-state index contributed by atoms with van der Waals surface area (Å²) >= 11 is 0. The van der Waals surface area contributed by atoms with Crippen molar-refractivity contribution in [3.8, 4) is 0 Å². The Morgan fingerprint density at radius 1 is 0.917 bits per heavy atom. The second-order valence-corrected chi connectivity index (χ2v) is 6.49. The van der Waals surface area contributed by atoms with E-state index in [1.807, 2.05) is 30.3 Å². The lowest BCUT2D eigenvalue weighted by atomic mass is 10.0. The summed E-state index contributed by atoms with van der Waals surface area (Å²) in [6.45, 7) is 6.37. The molecule has 0 saturated heterocycles. The fraction of sp³-hybridized carbons (Fsp3) is 0.667. The molecular weight excluding hydrogens is 298 g/mol. The van der Waals surface area contributed by atoms with E-state index in [0.717, 1.165) is 31.5 Å². The minimum atomic E-state index is -0.278. The van der Waals surface area contributed by atoms with Crippen molar-refractivity contribution in [2.24, 2.45) is 0 Å². The molecule has 0 bridgehead atoms. The fourth-order valence-corrected chi connectivity index (χ4v) is 3.10. The Hall–Kier alpha value is -1.35. The van der Waals surface area contributed by atoms with Crippen molar-refractivity contribution in [1.29, 1.82) is 0 Å². The quantitative estimate of drug-likeness (QED) is 0.359. The number of benzene rings is 1. The first-order valence-corrected chi connectivity index (χ1v) is 9.61. The number of rotatable bonds is 13. The fourth-order valence-electron chi connectivity index (χ4n) is 3.10. The van der Waals surface area contributed by atoms with Crippen LogP contribution in [0.15, 0.2) is 30.3 Å². The van der Waals surface area contributed by atoms with Crippen molar-refractivity contribution in [3.05, 3.63) is 35.9 Å². The highest BCUT2D eigenvalue weighted by Gasteiger charge is 2.27. The highest BCUT2D eigenvalue weighted by molar-refractivity contribution is 5.77. The third-order valence-corrected chi connectivity index (χ3v) is 4.50. The summed E-state index contributed by atoms with van der Waals surface area (Å²) in [4.78, 5) is 14.8. The molecule has 24 heavy (non-hydrogen) atoms. The van der Waals surface area contributed by atoms with Crippen LogP contribution in [0.2, 0.25) is 0 Å². The lowest BCUT2D eigenvalue weighted by molar-refractivity contribution is -0.147. The van der Waals surface area contributed by atoms with Crippen molar-refractivity contribution in [3.63, 3.8) is 0 Å². The summed E-state index contributed by atoms with van der Waals surface area (Å²) in [5, 5.41) is 0. The van der Waals surface area contributed by atoms with E-state index in [1.165, 1.54) is 45.6 Å². The number of methoxy groups -OCH3 is 1. The Kier molecular flexibility index (Phi) is 11.2. The Balaban J connectivity index is 2.81. The van der Waals surface area contributed by atoms with Gasteiger partial charge in [-0.15, -0.1) is 0 Å². The van der Waals surface area contributed by atoms with E-state index in [0.29, 0.717) is 0 Å². The molecule has 0 amide bonds. The summed E-state index contributed by atoms with van der Waals surface area (Å²) in [6, 6.07) is 9.78. The summed E-state index contributed by atoms with van der Waals surface area (Å²) < 4.78 is 5.12. The molecule has 0 aliphatic carbocycles. The molecule has 1 aromatic rings. The smallest absolute Gasteiger partial charge is 0.327 e. The van der Waals surface area contributed by atoms with Crippen LogP contribution in [0.4, 0.5) is 0 Å². The van der Waals surface area contributed by atoms with Gasteiger partial charge >= 0.3 is 5.97 Å². The van der Waals surface area contributed by atoms with Gasteiger partial charge in [0.15, 0.2) is 0 Å². The number of hydrogen-bond donors (Lipinski definition) is 0. The molecule has 0 saturated carbocycles. The number of unbranched alkanes of at least 4 members (excludes halogenated alkanes) is 6. The predicted molar refractivity (Wildman–Crippen MR) is 101 cm³/mol. The lowest BCUT2D eigenvalue weighted by Gasteiger charge is -2.30. The monoisotopic (exact) mass is 333 g/mol. The Bertz CT molecular complexity index is 421. The second kappa shape index (κ2) is 13.0. The average Bonchev–Trinajstić information content (AvgIpc) is 2.62. The van der Waals surface area contributed by atoms with Crippen molar-refractivity contribution in [1.82, 2.24) is 4.90 Å². The molecule has 3 heteroatoms. The van der Waals surface area contributed by atoms with E-state index in [9.17, 15) is 4.79 Å². The zero-order chi connectivity index (χ0) is 17.6. The van der Waals surface area contributed by atoms with Crippen LogP contribution in [-0.2, 0) is 9.53 Å². The maximum atomic E-state index is 12.5. The minimum absolute atomic E-state index is 0.146. The minimum Gasteiger partial charge on any atom is -0.468 e. The first kappa shape index (κ1) is 20.7. The van der Waals surface area contributed by atoms with Crippen LogP contribution in [0.5, 0.6) is 0 Å². The molecule has 1 rings (SSSR count). The van der Waals surface area contributed by atoms with Crippen LogP contribution in [0.3, 0.4) is 0 Å². The van der Waals surface area contributed by atoms with Crippen LogP contribution < -0.4 is 0 Å². The Labute approximate surface area is 148 Å². The van der Waals surface area contributed by atoms with E-state index in [1.54, 1.807) is 0 Å². The molecule has 0 spiro atoms. The van der Waals surface area contributed by atoms with Gasteiger partial charge in [0.25, 0.3) is 0 Å². The van der Waals surface area contributed by atoms with Crippen LogP contribution in [0.1, 0.15) is 76.8 Å². The van der Waals surface area contributed by atoms with Crippen LogP contribution in [-0.4, -0.2) is 31.1 Å². The van der Waals surface area contributed by atoms with Crippen molar-refractivity contribution in [2.75, 3.05) is 20.2 Å². The molecule has 1 aromatic carbocycles. The van der Waals surface area contributed by atoms with E-state index in [2.05, 4.69) is 18.7 Å². The molecule has 0 aliphatic rings. The summed E-state index contributed by atoms with van der Waals surface area (Å²) in [5.74, 6) is -0.146. The molecule has 1 atom stereocenters.